The van der Waals surface area contributed by atoms with E-state index in [0.29, 0.717) is 22.9 Å². The van der Waals surface area contributed by atoms with Crippen molar-refractivity contribution in [1.29, 1.82) is 0 Å². The molecule has 0 saturated heterocycles. The fraction of sp³-hybridized carbons (Fsp3) is 0.0526. The van der Waals surface area contributed by atoms with Gasteiger partial charge >= 0.3 is 0 Å². The maximum atomic E-state index is 13.2. The maximum Gasteiger partial charge on any atom is 0.270 e. The zero-order valence-electron chi connectivity index (χ0n) is 13.2. The molecule has 0 aliphatic heterocycles. The van der Waals surface area contributed by atoms with E-state index in [1.165, 1.54) is 18.3 Å². The highest BCUT2D eigenvalue weighted by Crippen LogP contribution is 2.17. The second-order valence-corrected chi connectivity index (χ2v) is 5.81. The Balaban J connectivity index is 1.65. The number of pyridine rings is 1. The summed E-state index contributed by atoms with van der Waals surface area (Å²) in [6.07, 6.45) is 1.53. The minimum atomic E-state index is -0.333. The molecule has 0 aliphatic rings. The van der Waals surface area contributed by atoms with E-state index >= 15 is 0 Å². The zero-order chi connectivity index (χ0) is 17.6. The summed E-state index contributed by atoms with van der Waals surface area (Å²) in [7, 11) is 0. The fourth-order valence-electron chi connectivity index (χ4n) is 2.24. The predicted octanol–water partition coefficient (Wildman–Crippen LogP) is 4.55. The van der Waals surface area contributed by atoms with E-state index in [9.17, 15) is 9.18 Å². The fourth-order valence-corrected chi connectivity index (χ4v) is 2.37. The third-order valence-electron chi connectivity index (χ3n) is 3.47. The quantitative estimate of drug-likeness (QED) is 0.706. The van der Waals surface area contributed by atoms with Crippen LogP contribution in [0.25, 0.3) is 0 Å². The van der Waals surface area contributed by atoms with Crippen molar-refractivity contribution < 1.29 is 9.18 Å². The highest BCUT2D eigenvalue weighted by Gasteiger charge is 2.08. The van der Waals surface area contributed by atoms with Crippen LogP contribution in [-0.2, 0) is 6.54 Å². The first kappa shape index (κ1) is 16.9. The number of nitrogens with zero attached hydrogens (tertiary/aromatic N) is 1. The summed E-state index contributed by atoms with van der Waals surface area (Å²) < 4.78 is 13.2. The van der Waals surface area contributed by atoms with Crippen LogP contribution in [0.1, 0.15) is 16.1 Å². The number of hydrogen-bond acceptors (Lipinski definition) is 3. The van der Waals surface area contributed by atoms with Gasteiger partial charge in [0.25, 0.3) is 5.91 Å². The number of benzene rings is 2. The normalized spacial score (nSPS) is 10.3. The number of aromatic nitrogens is 1. The summed E-state index contributed by atoms with van der Waals surface area (Å²) in [5.41, 5.74) is 2.46. The van der Waals surface area contributed by atoms with E-state index in [4.69, 9.17) is 11.6 Å². The molecule has 1 amide bonds. The van der Waals surface area contributed by atoms with Gasteiger partial charge in [-0.2, -0.15) is 0 Å². The number of carbonyl (C=O) groups is 1. The number of amides is 1. The molecule has 126 valence electrons. The molecule has 2 aromatic carbocycles. The average molecular weight is 356 g/mol. The Morgan fingerprint density at radius 1 is 1.04 bits per heavy atom. The Morgan fingerprint density at radius 2 is 1.80 bits per heavy atom. The zero-order valence-corrected chi connectivity index (χ0v) is 13.9. The van der Waals surface area contributed by atoms with Crippen molar-refractivity contribution in [2.75, 3.05) is 5.32 Å². The van der Waals surface area contributed by atoms with Crippen LogP contribution in [0.4, 0.5) is 15.8 Å². The summed E-state index contributed by atoms with van der Waals surface area (Å²) in [6.45, 7) is 0.374. The van der Waals surface area contributed by atoms with Crippen LogP contribution in [0, 0.1) is 5.82 Å². The van der Waals surface area contributed by atoms with Crippen molar-refractivity contribution in [3.05, 3.63) is 89.0 Å². The molecule has 0 aliphatic carbocycles. The third-order valence-corrected chi connectivity index (χ3v) is 3.72. The summed E-state index contributed by atoms with van der Waals surface area (Å²) in [4.78, 5) is 16.3. The molecule has 3 aromatic rings. The lowest BCUT2D eigenvalue weighted by molar-refractivity contribution is 0.0946. The topological polar surface area (TPSA) is 54.0 Å². The number of carbonyl (C=O) groups excluding carboxylic acids is 1. The van der Waals surface area contributed by atoms with E-state index in [1.54, 1.807) is 36.4 Å². The van der Waals surface area contributed by atoms with Crippen molar-refractivity contribution >= 4 is 28.9 Å². The minimum absolute atomic E-state index is 0.273. The summed E-state index contributed by atoms with van der Waals surface area (Å²) >= 11 is 5.84. The van der Waals surface area contributed by atoms with E-state index in [1.807, 2.05) is 12.1 Å². The predicted molar refractivity (Wildman–Crippen MR) is 96.5 cm³/mol. The van der Waals surface area contributed by atoms with Gasteiger partial charge < -0.3 is 10.6 Å². The van der Waals surface area contributed by atoms with Crippen LogP contribution in [-0.4, -0.2) is 10.9 Å². The van der Waals surface area contributed by atoms with Gasteiger partial charge in [-0.3, -0.25) is 9.78 Å². The largest absolute Gasteiger partial charge is 0.355 e. The van der Waals surface area contributed by atoms with Crippen LogP contribution in [0.2, 0.25) is 5.02 Å². The van der Waals surface area contributed by atoms with Gasteiger partial charge in [0, 0.05) is 29.1 Å². The van der Waals surface area contributed by atoms with Gasteiger partial charge in [-0.05, 0) is 48.0 Å². The molecule has 25 heavy (non-hydrogen) atoms. The first-order valence-corrected chi connectivity index (χ1v) is 7.99. The molecule has 1 heterocycles. The number of nitrogens with one attached hydrogen (secondary N) is 2. The van der Waals surface area contributed by atoms with Crippen molar-refractivity contribution in [2.45, 2.75) is 6.54 Å². The second kappa shape index (κ2) is 7.77. The van der Waals surface area contributed by atoms with Crippen molar-refractivity contribution in [2.24, 2.45) is 0 Å². The molecule has 0 bridgehead atoms. The third kappa shape index (κ3) is 4.78. The van der Waals surface area contributed by atoms with Gasteiger partial charge in [0.05, 0.1) is 0 Å². The van der Waals surface area contributed by atoms with Crippen molar-refractivity contribution in [3.8, 4) is 0 Å². The van der Waals surface area contributed by atoms with E-state index in [0.717, 1.165) is 5.56 Å². The Bertz CT molecular complexity index is 884. The lowest BCUT2D eigenvalue weighted by Crippen LogP contribution is -2.23. The number of rotatable bonds is 5. The molecule has 0 unspecified atom stereocenters. The number of halogens is 2. The van der Waals surface area contributed by atoms with Gasteiger partial charge in [0.1, 0.15) is 11.5 Å². The highest BCUT2D eigenvalue weighted by atomic mass is 35.5. The van der Waals surface area contributed by atoms with E-state index < -0.39 is 0 Å². The molecule has 0 fully saturated rings. The minimum Gasteiger partial charge on any atom is -0.355 e. The monoisotopic (exact) mass is 355 g/mol. The molecule has 1 aromatic heterocycles. The van der Waals surface area contributed by atoms with Gasteiger partial charge in [-0.25, -0.2) is 4.39 Å². The lowest BCUT2D eigenvalue weighted by atomic mass is 10.2. The van der Waals surface area contributed by atoms with Gasteiger partial charge in [0.2, 0.25) is 0 Å². The van der Waals surface area contributed by atoms with Crippen LogP contribution < -0.4 is 10.6 Å². The van der Waals surface area contributed by atoms with Gasteiger partial charge in [-0.1, -0.05) is 29.8 Å². The number of anilines is 2. The van der Waals surface area contributed by atoms with Crippen molar-refractivity contribution in [3.63, 3.8) is 0 Å². The van der Waals surface area contributed by atoms with Crippen LogP contribution in [0.15, 0.2) is 66.9 Å². The molecule has 6 heteroatoms. The Morgan fingerprint density at radius 3 is 2.56 bits per heavy atom. The summed E-state index contributed by atoms with van der Waals surface area (Å²) in [5, 5.41) is 6.49. The molecule has 0 spiro atoms. The molecule has 3 rings (SSSR count). The highest BCUT2D eigenvalue weighted by molar-refractivity contribution is 6.30. The molecule has 4 nitrogen and oxygen atoms in total. The Labute approximate surface area is 149 Å². The van der Waals surface area contributed by atoms with Crippen LogP contribution in [0.3, 0.4) is 0 Å². The lowest BCUT2D eigenvalue weighted by Gasteiger charge is -2.09. The van der Waals surface area contributed by atoms with Gasteiger partial charge in [-0.15, -0.1) is 0 Å². The smallest absolute Gasteiger partial charge is 0.270 e. The van der Waals surface area contributed by atoms with E-state index in [2.05, 4.69) is 15.6 Å². The van der Waals surface area contributed by atoms with Crippen molar-refractivity contribution in [1.82, 2.24) is 10.3 Å². The molecule has 2 N–H and O–H groups in total. The summed E-state index contributed by atoms with van der Waals surface area (Å²) in [5.74, 6) is -0.627. The Kier molecular flexibility index (Phi) is 5.26. The molecular weight excluding hydrogens is 341 g/mol. The molecule has 0 atom stereocenters. The Hall–Kier alpha value is -2.92. The molecule has 0 radical (unpaired) electrons. The standard InChI is InChI=1S/C19H15ClFN3O/c20-14-6-4-13(5-7-14)12-23-19(25)18-11-17(8-9-22-18)24-16-3-1-2-15(21)10-16/h1-11H,12H2,(H,22,24)(H,23,25). The van der Waals surface area contributed by atoms with Crippen LogP contribution >= 0.6 is 11.6 Å². The maximum absolute atomic E-state index is 13.2. The molecule has 0 saturated carbocycles. The second-order valence-electron chi connectivity index (χ2n) is 5.37. The van der Waals surface area contributed by atoms with Gasteiger partial charge in [0.15, 0.2) is 0 Å². The SMILES string of the molecule is O=C(NCc1ccc(Cl)cc1)c1cc(Nc2cccc(F)c2)ccn1. The molecular formula is C19H15ClFN3O. The van der Waals surface area contributed by atoms with Crippen LogP contribution in [0.5, 0.6) is 0 Å². The first-order chi connectivity index (χ1) is 12.1. The number of hydrogen-bond donors (Lipinski definition) is 2. The average Bonchev–Trinajstić information content (AvgIpc) is 2.61. The first-order valence-electron chi connectivity index (χ1n) is 7.61. The summed E-state index contributed by atoms with van der Waals surface area (Å²) in [6, 6.07) is 16.6. The van der Waals surface area contributed by atoms with E-state index in [-0.39, 0.29) is 17.4 Å².